The lowest BCUT2D eigenvalue weighted by Crippen LogP contribution is -2.32. The monoisotopic (exact) mass is 224 g/mol. The van der Waals surface area contributed by atoms with Crippen molar-refractivity contribution < 1.29 is 9.59 Å². The molecule has 0 spiro atoms. The summed E-state index contributed by atoms with van der Waals surface area (Å²) < 4.78 is 0. The zero-order chi connectivity index (χ0) is 12.7. The van der Waals surface area contributed by atoms with Gasteiger partial charge < -0.3 is 10.6 Å². The molecule has 6 heteroatoms. The van der Waals surface area contributed by atoms with E-state index in [1.807, 2.05) is 0 Å². The van der Waals surface area contributed by atoms with Crippen LogP contribution in [-0.2, 0) is 4.79 Å². The number of nitrogens with zero attached hydrogens (tertiary/aromatic N) is 3. The number of hydrogen-bond acceptors (Lipinski definition) is 3. The molecule has 0 radical (unpaired) electrons. The number of carbonyl (C=O) groups is 2. The quantitative estimate of drug-likeness (QED) is 0.397. The summed E-state index contributed by atoms with van der Waals surface area (Å²) in [6.07, 6.45) is 2.16. The van der Waals surface area contributed by atoms with Crippen molar-refractivity contribution in [3.8, 4) is 0 Å². The van der Waals surface area contributed by atoms with Crippen molar-refractivity contribution in [2.75, 3.05) is 20.6 Å². The van der Waals surface area contributed by atoms with Crippen LogP contribution in [0.4, 0.5) is 4.79 Å². The fourth-order valence-electron chi connectivity index (χ4n) is 1.06. The summed E-state index contributed by atoms with van der Waals surface area (Å²) in [6, 6.07) is -0.657. The molecule has 0 unspecified atom stereocenters. The SMILES string of the molecule is C=C/C(CN(C)C=O)=C(\N=C)N(C)C(N)=O. The van der Waals surface area contributed by atoms with Crippen LogP contribution in [0.5, 0.6) is 0 Å². The van der Waals surface area contributed by atoms with Crippen molar-refractivity contribution in [3.05, 3.63) is 24.0 Å². The van der Waals surface area contributed by atoms with Crippen molar-refractivity contribution in [1.82, 2.24) is 9.80 Å². The molecule has 0 aliphatic carbocycles. The summed E-state index contributed by atoms with van der Waals surface area (Å²) in [6.45, 7) is 7.22. The molecule has 16 heavy (non-hydrogen) atoms. The molecule has 0 saturated heterocycles. The van der Waals surface area contributed by atoms with E-state index in [0.717, 1.165) is 4.90 Å². The van der Waals surface area contributed by atoms with Gasteiger partial charge in [0, 0.05) is 26.2 Å². The molecular formula is C10H16N4O2. The molecule has 6 nitrogen and oxygen atoms in total. The van der Waals surface area contributed by atoms with Gasteiger partial charge in [-0.25, -0.2) is 9.79 Å². The van der Waals surface area contributed by atoms with Gasteiger partial charge in [-0.15, -0.1) is 0 Å². The van der Waals surface area contributed by atoms with E-state index in [1.165, 1.54) is 18.0 Å². The molecule has 0 aromatic carbocycles. The minimum Gasteiger partial charge on any atom is -0.351 e. The molecular weight excluding hydrogens is 208 g/mol. The van der Waals surface area contributed by atoms with Gasteiger partial charge in [0.25, 0.3) is 0 Å². The molecule has 0 aliphatic heterocycles. The highest BCUT2D eigenvalue weighted by Gasteiger charge is 2.13. The summed E-state index contributed by atoms with van der Waals surface area (Å²) in [7, 11) is 3.07. The van der Waals surface area contributed by atoms with Crippen LogP contribution in [0.15, 0.2) is 29.0 Å². The van der Waals surface area contributed by atoms with E-state index in [2.05, 4.69) is 18.3 Å². The summed E-state index contributed by atoms with van der Waals surface area (Å²) >= 11 is 0. The molecule has 0 heterocycles. The van der Waals surface area contributed by atoms with E-state index in [9.17, 15) is 9.59 Å². The first kappa shape index (κ1) is 13.9. The number of aliphatic imine (C=N–C) groups is 1. The van der Waals surface area contributed by atoms with E-state index in [1.54, 1.807) is 7.05 Å². The molecule has 0 aromatic rings. The third kappa shape index (κ3) is 3.56. The largest absolute Gasteiger partial charge is 0.351 e. The van der Waals surface area contributed by atoms with Gasteiger partial charge >= 0.3 is 6.03 Å². The zero-order valence-corrected chi connectivity index (χ0v) is 9.51. The number of primary amides is 1. The first-order valence-electron chi connectivity index (χ1n) is 4.48. The van der Waals surface area contributed by atoms with Gasteiger partial charge in [-0.05, 0) is 6.72 Å². The normalized spacial score (nSPS) is 11.1. The second-order valence-electron chi connectivity index (χ2n) is 3.13. The second kappa shape index (κ2) is 6.39. The Labute approximate surface area is 94.7 Å². The van der Waals surface area contributed by atoms with Crippen LogP contribution in [0.3, 0.4) is 0 Å². The Morgan fingerprint density at radius 3 is 2.38 bits per heavy atom. The Morgan fingerprint density at radius 2 is 2.06 bits per heavy atom. The second-order valence-corrected chi connectivity index (χ2v) is 3.13. The zero-order valence-electron chi connectivity index (χ0n) is 9.51. The van der Waals surface area contributed by atoms with Crippen molar-refractivity contribution in [2.45, 2.75) is 0 Å². The van der Waals surface area contributed by atoms with Crippen molar-refractivity contribution in [3.63, 3.8) is 0 Å². The Hall–Kier alpha value is -2.11. The van der Waals surface area contributed by atoms with Gasteiger partial charge in [0.05, 0.1) is 0 Å². The van der Waals surface area contributed by atoms with Gasteiger partial charge in [0.15, 0.2) is 0 Å². The fraction of sp³-hybridized carbons (Fsp3) is 0.300. The number of amides is 3. The third-order valence-corrected chi connectivity index (χ3v) is 1.93. The number of nitrogens with two attached hydrogens (primary N) is 1. The highest BCUT2D eigenvalue weighted by atomic mass is 16.2. The van der Waals surface area contributed by atoms with E-state index >= 15 is 0 Å². The lowest BCUT2D eigenvalue weighted by molar-refractivity contribution is -0.116. The number of rotatable bonds is 6. The highest BCUT2D eigenvalue weighted by Crippen LogP contribution is 2.11. The minimum absolute atomic E-state index is 0.277. The number of carbonyl (C=O) groups excluding carboxylic acids is 2. The summed E-state index contributed by atoms with van der Waals surface area (Å²) in [5.74, 6) is 0.288. The van der Waals surface area contributed by atoms with Gasteiger partial charge in [-0.3, -0.25) is 9.69 Å². The van der Waals surface area contributed by atoms with Crippen LogP contribution in [-0.4, -0.2) is 49.6 Å². The minimum atomic E-state index is -0.657. The van der Waals surface area contributed by atoms with Crippen LogP contribution >= 0.6 is 0 Å². The van der Waals surface area contributed by atoms with Crippen molar-refractivity contribution in [2.24, 2.45) is 10.7 Å². The maximum Gasteiger partial charge on any atom is 0.320 e. The number of urea groups is 1. The number of likely N-dealkylation sites (N-methyl/N-ethyl adjacent to an activating group) is 1. The average Bonchev–Trinajstić information content (AvgIpc) is 2.27. The Balaban J connectivity index is 5.20. The molecule has 0 rings (SSSR count). The van der Waals surface area contributed by atoms with Gasteiger partial charge in [0.1, 0.15) is 5.82 Å². The van der Waals surface area contributed by atoms with Crippen LogP contribution in [0.2, 0.25) is 0 Å². The average molecular weight is 224 g/mol. The van der Waals surface area contributed by atoms with Crippen LogP contribution in [0.25, 0.3) is 0 Å². The van der Waals surface area contributed by atoms with Crippen molar-refractivity contribution in [1.29, 1.82) is 0 Å². The highest BCUT2D eigenvalue weighted by molar-refractivity contribution is 5.74. The van der Waals surface area contributed by atoms with Crippen LogP contribution in [0, 0.1) is 0 Å². The Bertz CT molecular complexity index is 336. The Kier molecular flexibility index (Phi) is 5.55. The molecule has 0 aromatic heterocycles. The third-order valence-electron chi connectivity index (χ3n) is 1.93. The number of hydrogen-bond donors (Lipinski definition) is 1. The first-order valence-corrected chi connectivity index (χ1v) is 4.48. The standard InChI is InChI=1S/C10H16N4O2/c1-5-8(6-13(3)7-15)9(12-2)14(4)10(11)16/h5,7H,1-2,6H2,3-4H3,(H2,11,16)/b9-8-. The summed E-state index contributed by atoms with van der Waals surface area (Å²) in [5.41, 5.74) is 5.70. The van der Waals surface area contributed by atoms with E-state index in [4.69, 9.17) is 5.73 Å². The predicted octanol–water partition coefficient (Wildman–Crippen LogP) is 0.183. The van der Waals surface area contributed by atoms with Crippen molar-refractivity contribution >= 4 is 19.2 Å². The molecule has 0 bridgehead atoms. The fourth-order valence-corrected chi connectivity index (χ4v) is 1.06. The van der Waals surface area contributed by atoms with Gasteiger partial charge in [-0.2, -0.15) is 0 Å². The lowest BCUT2D eigenvalue weighted by Gasteiger charge is -2.19. The first-order chi connectivity index (χ1) is 7.47. The summed E-state index contributed by atoms with van der Waals surface area (Å²) in [5, 5.41) is 0. The van der Waals surface area contributed by atoms with E-state index in [-0.39, 0.29) is 12.4 Å². The topological polar surface area (TPSA) is 79.0 Å². The Morgan fingerprint density at radius 1 is 1.50 bits per heavy atom. The van der Waals surface area contributed by atoms with E-state index in [0.29, 0.717) is 12.0 Å². The maximum absolute atomic E-state index is 11.0. The maximum atomic E-state index is 11.0. The molecule has 0 fully saturated rings. The van der Waals surface area contributed by atoms with Crippen LogP contribution in [0.1, 0.15) is 0 Å². The van der Waals surface area contributed by atoms with Crippen LogP contribution < -0.4 is 5.73 Å². The molecule has 0 aliphatic rings. The lowest BCUT2D eigenvalue weighted by atomic mass is 10.2. The van der Waals surface area contributed by atoms with E-state index < -0.39 is 6.03 Å². The molecule has 3 amide bonds. The molecule has 0 saturated carbocycles. The van der Waals surface area contributed by atoms with Gasteiger partial charge in [-0.1, -0.05) is 12.7 Å². The molecule has 88 valence electrons. The molecule has 2 N–H and O–H groups in total. The predicted molar refractivity (Wildman–Crippen MR) is 62.8 cm³/mol. The summed E-state index contributed by atoms with van der Waals surface area (Å²) in [4.78, 5) is 27.7. The van der Waals surface area contributed by atoms with Gasteiger partial charge in [0.2, 0.25) is 6.41 Å². The smallest absolute Gasteiger partial charge is 0.320 e. The molecule has 0 atom stereocenters.